The number of nitrogens with one attached hydrogen (secondary N) is 1. The van der Waals surface area contributed by atoms with Crippen molar-refractivity contribution in [3.05, 3.63) is 53.6 Å². The van der Waals surface area contributed by atoms with E-state index in [2.05, 4.69) is 4.74 Å². The van der Waals surface area contributed by atoms with Gasteiger partial charge in [-0.25, -0.2) is 8.42 Å². The van der Waals surface area contributed by atoms with Crippen LogP contribution in [-0.2, 0) is 22.4 Å². The Morgan fingerprint density at radius 3 is 1.72 bits per heavy atom. The molecule has 0 heterocycles. The van der Waals surface area contributed by atoms with E-state index in [4.69, 9.17) is 0 Å². The fourth-order valence-electron chi connectivity index (χ4n) is 2.05. The fraction of sp³-hybridized carbons (Fsp3) is 0.200. The third kappa shape index (κ3) is 6.17. The highest BCUT2D eigenvalue weighted by Gasteiger charge is 2.38. The van der Waals surface area contributed by atoms with Gasteiger partial charge in [-0.3, -0.25) is 4.72 Å². The van der Waals surface area contributed by atoms with E-state index in [0.29, 0.717) is 6.07 Å². The van der Waals surface area contributed by atoms with Crippen LogP contribution in [0.25, 0.3) is 0 Å². The van der Waals surface area contributed by atoms with Gasteiger partial charge in [0.2, 0.25) is 0 Å². The Balaban J connectivity index is 2.47. The lowest BCUT2D eigenvalue weighted by molar-refractivity contribution is -0.274. The minimum absolute atomic E-state index is 0.0341. The molecule has 2 rings (SSSR count). The standard InChI is InChI=1S/C15H8F9NO3S/c16-13(17,18)8-4-9(14(19,20)21)6-12(5-8)29(26,27)25-10-2-1-3-11(7-10)28-15(22,23)24/h1-7,25H. The zero-order valence-electron chi connectivity index (χ0n) is 13.6. The van der Waals surface area contributed by atoms with Crippen molar-refractivity contribution in [3.8, 4) is 5.75 Å². The first-order chi connectivity index (χ1) is 13.0. The Morgan fingerprint density at radius 1 is 0.759 bits per heavy atom. The predicted molar refractivity (Wildman–Crippen MR) is 80.4 cm³/mol. The minimum atomic E-state index is -5.29. The number of halogens is 9. The normalized spacial score (nSPS) is 13.3. The summed E-state index contributed by atoms with van der Waals surface area (Å²) < 4.78 is 143. The van der Waals surface area contributed by atoms with Gasteiger partial charge in [-0.05, 0) is 30.3 Å². The van der Waals surface area contributed by atoms with Gasteiger partial charge < -0.3 is 4.74 Å². The second kappa shape index (κ2) is 7.31. The highest BCUT2D eigenvalue weighted by Crippen LogP contribution is 2.37. The minimum Gasteiger partial charge on any atom is -0.406 e. The molecule has 0 radical (unpaired) electrons. The first-order valence-corrected chi connectivity index (χ1v) is 8.64. The molecule has 0 aliphatic heterocycles. The highest BCUT2D eigenvalue weighted by atomic mass is 32.2. The van der Waals surface area contributed by atoms with Crippen LogP contribution in [-0.4, -0.2) is 14.8 Å². The maximum absolute atomic E-state index is 12.9. The monoisotopic (exact) mass is 453 g/mol. The van der Waals surface area contributed by atoms with Gasteiger partial charge in [0.25, 0.3) is 10.0 Å². The van der Waals surface area contributed by atoms with Crippen molar-refractivity contribution in [1.29, 1.82) is 0 Å². The Morgan fingerprint density at radius 2 is 1.28 bits per heavy atom. The van der Waals surface area contributed by atoms with E-state index >= 15 is 0 Å². The van der Waals surface area contributed by atoms with Crippen molar-refractivity contribution in [2.45, 2.75) is 23.6 Å². The molecular formula is C15H8F9NO3S. The molecule has 2 aromatic rings. The Hall–Kier alpha value is -2.64. The summed E-state index contributed by atoms with van der Waals surface area (Å²) in [5.41, 5.74) is -4.33. The summed E-state index contributed by atoms with van der Waals surface area (Å²) in [4.78, 5) is -1.39. The van der Waals surface area contributed by atoms with E-state index in [1.165, 1.54) is 0 Å². The molecule has 0 aliphatic carbocycles. The average Bonchev–Trinajstić information content (AvgIpc) is 2.51. The molecule has 0 aliphatic rings. The van der Waals surface area contributed by atoms with Crippen molar-refractivity contribution in [2.24, 2.45) is 0 Å². The van der Waals surface area contributed by atoms with Crippen LogP contribution in [0.4, 0.5) is 45.2 Å². The maximum atomic E-state index is 12.9. The molecule has 1 N–H and O–H groups in total. The topological polar surface area (TPSA) is 55.4 Å². The van der Waals surface area contributed by atoms with E-state index in [-0.39, 0.29) is 18.2 Å². The van der Waals surface area contributed by atoms with Crippen LogP contribution in [0.15, 0.2) is 47.4 Å². The SMILES string of the molecule is O=S(=O)(Nc1cccc(OC(F)(F)F)c1)c1cc(C(F)(F)F)cc(C(F)(F)F)c1. The highest BCUT2D eigenvalue weighted by molar-refractivity contribution is 7.92. The van der Waals surface area contributed by atoms with E-state index in [9.17, 15) is 47.9 Å². The second-order valence-electron chi connectivity index (χ2n) is 5.42. The zero-order valence-corrected chi connectivity index (χ0v) is 14.4. The molecule has 0 saturated heterocycles. The molecule has 29 heavy (non-hydrogen) atoms. The fourth-order valence-corrected chi connectivity index (χ4v) is 3.17. The first-order valence-electron chi connectivity index (χ1n) is 7.15. The quantitative estimate of drug-likeness (QED) is 0.629. The van der Waals surface area contributed by atoms with Gasteiger partial charge in [-0.15, -0.1) is 13.2 Å². The van der Waals surface area contributed by atoms with Crippen LogP contribution < -0.4 is 9.46 Å². The molecular weight excluding hydrogens is 445 g/mol. The van der Waals surface area contributed by atoms with Gasteiger partial charge in [-0.2, -0.15) is 26.3 Å². The lowest BCUT2D eigenvalue weighted by Crippen LogP contribution is -2.18. The third-order valence-electron chi connectivity index (χ3n) is 3.19. The molecule has 160 valence electrons. The van der Waals surface area contributed by atoms with Crippen molar-refractivity contribution in [3.63, 3.8) is 0 Å². The molecule has 0 saturated carbocycles. The molecule has 0 bridgehead atoms. The number of rotatable bonds is 4. The maximum Gasteiger partial charge on any atom is 0.573 e. The van der Waals surface area contributed by atoms with E-state index in [1.54, 1.807) is 4.72 Å². The van der Waals surface area contributed by atoms with E-state index in [0.717, 1.165) is 18.2 Å². The Kier molecular flexibility index (Phi) is 5.71. The number of sulfonamides is 1. The van der Waals surface area contributed by atoms with Crippen LogP contribution in [0, 0.1) is 0 Å². The van der Waals surface area contributed by atoms with Gasteiger partial charge in [0.15, 0.2) is 0 Å². The predicted octanol–water partition coefficient (Wildman–Crippen LogP) is 5.42. The van der Waals surface area contributed by atoms with Gasteiger partial charge >= 0.3 is 18.7 Å². The van der Waals surface area contributed by atoms with E-state index in [1.807, 2.05) is 0 Å². The number of ether oxygens (including phenoxy) is 1. The smallest absolute Gasteiger partial charge is 0.406 e. The van der Waals surface area contributed by atoms with Gasteiger partial charge in [0.05, 0.1) is 21.7 Å². The molecule has 14 heteroatoms. The summed E-state index contributed by atoms with van der Waals surface area (Å²) in [5, 5.41) is 0. The summed E-state index contributed by atoms with van der Waals surface area (Å²) in [6.07, 6.45) is -15.7. The van der Waals surface area contributed by atoms with Gasteiger partial charge in [-0.1, -0.05) is 6.07 Å². The van der Waals surface area contributed by atoms with Crippen molar-refractivity contribution in [2.75, 3.05) is 4.72 Å². The number of hydrogen-bond acceptors (Lipinski definition) is 3. The van der Waals surface area contributed by atoms with Crippen LogP contribution in [0.2, 0.25) is 0 Å². The van der Waals surface area contributed by atoms with Crippen LogP contribution in [0.1, 0.15) is 11.1 Å². The molecule has 4 nitrogen and oxygen atoms in total. The first kappa shape index (κ1) is 22.6. The van der Waals surface area contributed by atoms with Gasteiger partial charge in [0, 0.05) is 6.07 Å². The molecule has 0 amide bonds. The number of alkyl halides is 9. The molecule has 2 aromatic carbocycles. The van der Waals surface area contributed by atoms with Gasteiger partial charge in [0.1, 0.15) is 5.75 Å². The molecule has 0 spiro atoms. The number of hydrogen-bond donors (Lipinski definition) is 1. The van der Waals surface area contributed by atoms with Crippen LogP contribution >= 0.6 is 0 Å². The van der Waals surface area contributed by atoms with Crippen molar-refractivity contribution < 1.29 is 52.7 Å². The van der Waals surface area contributed by atoms with Crippen LogP contribution in [0.5, 0.6) is 5.75 Å². The summed E-state index contributed by atoms with van der Waals surface area (Å²) in [5.74, 6) is -0.863. The summed E-state index contributed by atoms with van der Waals surface area (Å²) in [6, 6.07) is 2.85. The van der Waals surface area contributed by atoms with Crippen molar-refractivity contribution in [1.82, 2.24) is 0 Å². The zero-order chi connectivity index (χ0) is 22.3. The lowest BCUT2D eigenvalue weighted by Gasteiger charge is -2.15. The molecule has 0 atom stereocenters. The summed E-state index contributed by atoms with van der Waals surface area (Å²) in [7, 11) is -5.03. The largest absolute Gasteiger partial charge is 0.573 e. The lowest BCUT2D eigenvalue weighted by atomic mass is 10.1. The Labute approximate surface area is 156 Å². The summed E-state index contributed by atoms with van der Waals surface area (Å²) >= 11 is 0. The Bertz CT molecular complexity index is 963. The number of benzene rings is 2. The summed E-state index contributed by atoms with van der Waals surface area (Å²) in [6.45, 7) is 0. The molecule has 0 aromatic heterocycles. The van der Waals surface area contributed by atoms with Crippen LogP contribution in [0.3, 0.4) is 0 Å². The second-order valence-corrected chi connectivity index (χ2v) is 7.11. The third-order valence-corrected chi connectivity index (χ3v) is 4.55. The van der Waals surface area contributed by atoms with Crippen molar-refractivity contribution >= 4 is 15.7 Å². The number of anilines is 1. The molecule has 0 fully saturated rings. The molecule has 0 unspecified atom stereocenters. The average molecular weight is 453 g/mol. The van der Waals surface area contributed by atoms with E-state index < -0.39 is 56.2 Å².